The number of nitrogens with zero attached hydrogens (tertiary/aromatic N) is 2. The van der Waals surface area contributed by atoms with Crippen LogP contribution in [0.4, 0.5) is 10.1 Å². The molecule has 20 heavy (non-hydrogen) atoms. The largest absolute Gasteiger partial charge is 0.368 e. The molecule has 1 amide bonds. The van der Waals surface area contributed by atoms with Gasteiger partial charge >= 0.3 is 0 Å². The van der Waals surface area contributed by atoms with Gasteiger partial charge in [-0.25, -0.2) is 4.39 Å². The summed E-state index contributed by atoms with van der Waals surface area (Å²) in [4.78, 5) is 16.3. The number of hydrogen-bond acceptors (Lipinski definition) is 2. The first-order valence-electron chi connectivity index (χ1n) is 6.80. The minimum Gasteiger partial charge on any atom is -0.368 e. The van der Waals surface area contributed by atoms with Gasteiger partial charge in [0.1, 0.15) is 5.82 Å². The summed E-state index contributed by atoms with van der Waals surface area (Å²) in [7, 11) is 0. The zero-order valence-electron chi connectivity index (χ0n) is 11.9. The van der Waals surface area contributed by atoms with Gasteiger partial charge in [-0.2, -0.15) is 0 Å². The molecule has 1 saturated heterocycles. The molecule has 110 valence electrons. The minimum atomic E-state index is -0.514. The van der Waals surface area contributed by atoms with E-state index < -0.39 is 5.41 Å². The van der Waals surface area contributed by atoms with Crippen molar-refractivity contribution in [2.24, 2.45) is 5.41 Å². The van der Waals surface area contributed by atoms with E-state index in [1.807, 2.05) is 18.7 Å². The Morgan fingerprint density at radius 3 is 2.25 bits per heavy atom. The lowest BCUT2D eigenvalue weighted by Gasteiger charge is -2.39. The number of anilines is 1. The van der Waals surface area contributed by atoms with Gasteiger partial charge in [-0.3, -0.25) is 4.79 Å². The third-order valence-electron chi connectivity index (χ3n) is 3.67. The van der Waals surface area contributed by atoms with Crippen LogP contribution < -0.4 is 4.90 Å². The number of hydrogen-bond donors (Lipinski definition) is 0. The first-order chi connectivity index (χ1) is 9.44. The predicted octanol–water partition coefficient (Wildman–Crippen LogP) is 2.74. The molecule has 0 N–H and O–H groups in total. The quantitative estimate of drug-likeness (QED) is 0.801. The highest BCUT2D eigenvalue weighted by atomic mass is 35.5. The molecule has 1 aliphatic heterocycles. The molecule has 3 nitrogen and oxygen atoms in total. The molecular weight excluding hydrogens is 279 g/mol. The number of amides is 1. The molecule has 1 heterocycles. The molecular formula is C15H20ClFN2O. The molecule has 0 radical (unpaired) electrons. The van der Waals surface area contributed by atoms with Crippen LogP contribution in [0.15, 0.2) is 24.3 Å². The second kappa shape index (κ2) is 6.00. The summed E-state index contributed by atoms with van der Waals surface area (Å²) in [6, 6.07) is 6.47. The Labute approximate surface area is 124 Å². The number of carbonyl (C=O) groups excluding carboxylic acids is 1. The summed E-state index contributed by atoms with van der Waals surface area (Å²) < 4.78 is 12.9. The maximum absolute atomic E-state index is 12.9. The molecule has 0 atom stereocenters. The van der Waals surface area contributed by atoms with Gasteiger partial charge in [0.15, 0.2) is 0 Å². The Hall–Kier alpha value is -1.29. The Morgan fingerprint density at radius 1 is 1.20 bits per heavy atom. The fraction of sp³-hybridized carbons (Fsp3) is 0.533. The second-order valence-electron chi connectivity index (χ2n) is 5.77. The summed E-state index contributed by atoms with van der Waals surface area (Å²) in [5.74, 6) is 0.196. The van der Waals surface area contributed by atoms with Gasteiger partial charge in [0.2, 0.25) is 5.91 Å². The van der Waals surface area contributed by atoms with Crippen molar-refractivity contribution < 1.29 is 9.18 Å². The number of rotatable bonds is 3. The molecule has 1 fully saturated rings. The van der Waals surface area contributed by atoms with Crippen LogP contribution in [-0.4, -0.2) is 42.9 Å². The topological polar surface area (TPSA) is 23.6 Å². The van der Waals surface area contributed by atoms with E-state index in [0.29, 0.717) is 19.0 Å². The van der Waals surface area contributed by atoms with E-state index in [-0.39, 0.29) is 11.7 Å². The van der Waals surface area contributed by atoms with Crippen LogP contribution >= 0.6 is 11.6 Å². The highest BCUT2D eigenvalue weighted by molar-refractivity contribution is 6.19. The van der Waals surface area contributed by atoms with E-state index in [9.17, 15) is 9.18 Å². The van der Waals surface area contributed by atoms with Crippen LogP contribution in [0.25, 0.3) is 0 Å². The standard InChI is InChI=1S/C15H20ClFN2O/c1-15(2,11-16)14(20)19-9-7-18(8-10-19)13-5-3-12(17)4-6-13/h3-6H,7-11H2,1-2H3. The molecule has 0 bridgehead atoms. The summed E-state index contributed by atoms with van der Waals surface area (Å²) >= 11 is 5.85. The molecule has 1 aromatic carbocycles. The SMILES string of the molecule is CC(C)(CCl)C(=O)N1CCN(c2ccc(F)cc2)CC1. The van der Waals surface area contributed by atoms with Crippen LogP contribution in [0, 0.1) is 11.2 Å². The van der Waals surface area contributed by atoms with Crippen molar-refractivity contribution in [2.75, 3.05) is 37.0 Å². The van der Waals surface area contributed by atoms with Crippen LogP contribution in [-0.2, 0) is 4.79 Å². The fourth-order valence-electron chi connectivity index (χ4n) is 2.30. The molecule has 1 aliphatic rings. The van der Waals surface area contributed by atoms with Crippen LogP contribution in [0.3, 0.4) is 0 Å². The average Bonchev–Trinajstić information content (AvgIpc) is 2.47. The van der Waals surface area contributed by atoms with Crippen LogP contribution in [0.1, 0.15) is 13.8 Å². The molecule has 0 aliphatic carbocycles. The van der Waals surface area contributed by atoms with Gasteiger partial charge in [-0.05, 0) is 38.1 Å². The Kier molecular flexibility index (Phi) is 4.53. The number of halogens is 2. The van der Waals surface area contributed by atoms with Crippen molar-refractivity contribution in [1.82, 2.24) is 4.90 Å². The third-order valence-corrected chi connectivity index (χ3v) is 4.34. The van der Waals surface area contributed by atoms with Crippen molar-refractivity contribution in [2.45, 2.75) is 13.8 Å². The van der Waals surface area contributed by atoms with Crippen molar-refractivity contribution in [3.8, 4) is 0 Å². The van der Waals surface area contributed by atoms with Crippen LogP contribution in [0.2, 0.25) is 0 Å². The van der Waals surface area contributed by atoms with Gasteiger partial charge in [-0.15, -0.1) is 11.6 Å². The molecule has 2 rings (SSSR count). The molecule has 0 aromatic heterocycles. The maximum atomic E-state index is 12.9. The smallest absolute Gasteiger partial charge is 0.229 e. The Balaban J connectivity index is 1.96. The molecule has 0 spiro atoms. The molecule has 1 aromatic rings. The zero-order chi connectivity index (χ0) is 14.8. The zero-order valence-corrected chi connectivity index (χ0v) is 12.7. The summed E-state index contributed by atoms with van der Waals surface area (Å²) in [6.07, 6.45) is 0. The van der Waals surface area contributed by atoms with E-state index in [2.05, 4.69) is 4.90 Å². The Morgan fingerprint density at radius 2 is 1.75 bits per heavy atom. The first-order valence-corrected chi connectivity index (χ1v) is 7.33. The van der Waals surface area contributed by atoms with E-state index in [1.54, 1.807) is 12.1 Å². The van der Waals surface area contributed by atoms with Crippen molar-refractivity contribution in [3.63, 3.8) is 0 Å². The maximum Gasteiger partial charge on any atom is 0.229 e. The van der Waals surface area contributed by atoms with Gasteiger partial charge in [0.25, 0.3) is 0 Å². The van der Waals surface area contributed by atoms with Crippen molar-refractivity contribution in [1.29, 1.82) is 0 Å². The number of benzene rings is 1. The normalized spacial score (nSPS) is 16.4. The molecule has 0 saturated carbocycles. The van der Waals surface area contributed by atoms with Gasteiger partial charge < -0.3 is 9.80 Å². The summed E-state index contributed by atoms with van der Waals surface area (Å²) in [6.45, 7) is 6.61. The lowest BCUT2D eigenvalue weighted by atomic mass is 9.94. The third kappa shape index (κ3) is 3.23. The monoisotopic (exact) mass is 298 g/mol. The van der Waals surface area contributed by atoms with Gasteiger partial charge in [0.05, 0.1) is 5.41 Å². The predicted molar refractivity (Wildman–Crippen MR) is 79.7 cm³/mol. The summed E-state index contributed by atoms with van der Waals surface area (Å²) in [5.41, 5.74) is 0.481. The van der Waals surface area contributed by atoms with Gasteiger partial charge in [0, 0.05) is 37.7 Å². The van der Waals surface area contributed by atoms with E-state index in [1.165, 1.54) is 12.1 Å². The number of piperazine rings is 1. The second-order valence-corrected chi connectivity index (χ2v) is 6.04. The number of alkyl halides is 1. The highest BCUT2D eigenvalue weighted by Crippen LogP contribution is 2.23. The van der Waals surface area contributed by atoms with E-state index >= 15 is 0 Å². The van der Waals surface area contributed by atoms with Crippen LogP contribution in [0.5, 0.6) is 0 Å². The summed E-state index contributed by atoms with van der Waals surface area (Å²) in [5, 5.41) is 0. The highest BCUT2D eigenvalue weighted by Gasteiger charge is 2.32. The molecule has 5 heteroatoms. The average molecular weight is 299 g/mol. The minimum absolute atomic E-state index is 0.103. The fourth-order valence-corrected chi connectivity index (χ4v) is 2.42. The van der Waals surface area contributed by atoms with E-state index in [4.69, 9.17) is 11.6 Å². The lowest BCUT2D eigenvalue weighted by molar-refractivity contribution is -0.139. The number of carbonyl (C=O) groups is 1. The van der Waals surface area contributed by atoms with Crippen molar-refractivity contribution in [3.05, 3.63) is 30.1 Å². The van der Waals surface area contributed by atoms with Crippen molar-refractivity contribution >= 4 is 23.2 Å². The lowest BCUT2D eigenvalue weighted by Crippen LogP contribution is -2.52. The van der Waals surface area contributed by atoms with E-state index in [0.717, 1.165) is 18.8 Å². The molecule has 0 unspecified atom stereocenters. The Bertz CT molecular complexity index is 467. The first kappa shape index (κ1) is 15.1. The van der Waals surface area contributed by atoms with Gasteiger partial charge in [-0.1, -0.05) is 0 Å².